The molecule has 1 aliphatic rings. The minimum atomic E-state index is -3.57. The fraction of sp³-hybridized carbons (Fsp3) is 0.438. The smallest absolute Gasteiger partial charge is 0.243 e. The number of nitrogens with zero attached hydrogens (tertiary/aromatic N) is 3. The summed E-state index contributed by atoms with van der Waals surface area (Å²) >= 11 is 8.49. The molecule has 7 nitrogen and oxygen atoms in total. The van der Waals surface area contributed by atoms with Crippen LogP contribution in [-0.4, -0.2) is 46.8 Å². The zero-order valence-electron chi connectivity index (χ0n) is 14.6. The fourth-order valence-corrected chi connectivity index (χ4v) is 5.64. The lowest BCUT2D eigenvalue weighted by molar-refractivity contribution is -0.120. The molecule has 0 saturated carbocycles. The van der Waals surface area contributed by atoms with Gasteiger partial charge < -0.3 is 5.32 Å². The average Bonchev–Trinajstić information content (AvgIpc) is 3.09. The lowest BCUT2D eigenvalue weighted by atomic mass is 9.97. The van der Waals surface area contributed by atoms with E-state index < -0.39 is 10.0 Å². The highest BCUT2D eigenvalue weighted by molar-refractivity contribution is 7.99. The van der Waals surface area contributed by atoms with Gasteiger partial charge in [0.05, 0.1) is 4.90 Å². The molecule has 1 N–H and O–H groups in total. The number of nitrogens with one attached hydrogen (secondary N) is 1. The number of benzene rings is 1. The number of aromatic nitrogens is 2. The maximum Gasteiger partial charge on any atom is 0.243 e. The number of hydrogen-bond acceptors (Lipinski definition) is 7. The summed E-state index contributed by atoms with van der Waals surface area (Å²) in [6, 6.07) is 6.11. The van der Waals surface area contributed by atoms with Gasteiger partial charge in [-0.05, 0) is 42.9 Å². The van der Waals surface area contributed by atoms with Crippen molar-refractivity contribution in [2.24, 2.45) is 5.92 Å². The summed E-state index contributed by atoms with van der Waals surface area (Å²) in [5.74, 6) is 0.487. The molecule has 1 fully saturated rings. The number of carbonyl (C=O) groups excluding carboxylic acids is 1. The molecule has 1 amide bonds. The quantitative estimate of drug-likeness (QED) is 0.684. The molecular weight excluding hydrogens is 428 g/mol. The summed E-state index contributed by atoms with van der Waals surface area (Å²) in [4.78, 5) is 16.9. The number of piperidine rings is 1. The minimum Gasteiger partial charge on any atom is -0.300 e. The van der Waals surface area contributed by atoms with Crippen LogP contribution in [0.5, 0.6) is 0 Å². The highest BCUT2D eigenvalue weighted by Crippen LogP contribution is 2.26. The Kier molecular flexibility index (Phi) is 6.74. The number of halogens is 1. The van der Waals surface area contributed by atoms with Crippen molar-refractivity contribution < 1.29 is 13.2 Å². The van der Waals surface area contributed by atoms with Crippen LogP contribution in [0.15, 0.2) is 34.3 Å². The third-order valence-electron chi connectivity index (χ3n) is 4.19. The second-order valence-corrected chi connectivity index (χ2v) is 10.3. The summed E-state index contributed by atoms with van der Waals surface area (Å²) in [6.07, 6.45) is 0.933. The molecule has 1 saturated heterocycles. The summed E-state index contributed by atoms with van der Waals surface area (Å²) in [6.45, 7) is 2.61. The Balaban J connectivity index is 1.57. The van der Waals surface area contributed by atoms with Gasteiger partial charge in [-0.15, -0.1) is 0 Å². The zero-order chi connectivity index (χ0) is 19.4. The number of hydrogen-bond donors (Lipinski definition) is 1. The third-order valence-corrected chi connectivity index (χ3v) is 7.83. The Morgan fingerprint density at radius 1 is 1.33 bits per heavy atom. The van der Waals surface area contributed by atoms with Crippen molar-refractivity contribution in [2.45, 2.75) is 29.8 Å². The summed E-state index contributed by atoms with van der Waals surface area (Å²) in [5, 5.41) is 4.41. The maximum absolute atomic E-state index is 12.7. The molecule has 1 aromatic heterocycles. The molecule has 27 heavy (non-hydrogen) atoms. The zero-order valence-corrected chi connectivity index (χ0v) is 17.8. The molecule has 1 aliphatic heterocycles. The van der Waals surface area contributed by atoms with Gasteiger partial charge in [0, 0.05) is 35.6 Å². The summed E-state index contributed by atoms with van der Waals surface area (Å²) in [7, 11) is -3.57. The van der Waals surface area contributed by atoms with Crippen LogP contribution >= 0.6 is 34.9 Å². The first kappa shape index (κ1) is 20.5. The Morgan fingerprint density at radius 2 is 2.00 bits per heavy atom. The van der Waals surface area contributed by atoms with E-state index in [0.29, 0.717) is 41.2 Å². The van der Waals surface area contributed by atoms with Crippen LogP contribution < -0.4 is 5.32 Å². The van der Waals surface area contributed by atoms with Gasteiger partial charge in [-0.2, -0.15) is 13.7 Å². The van der Waals surface area contributed by atoms with Crippen molar-refractivity contribution >= 4 is 56.0 Å². The molecule has 3 rings (SSSR count). The van der Waals surface area contributed by atoms with Crippen LogP contribution in [-0.2, 0) is 14.8 Å². The number of sulfonamides is 1. The first-order valence-electron chi connectivity index (χ1n) is 8.43. The lowest BCUT2D eigenvalue weighted by Gasteiger charge is -2.30. The molecule has 0 unspecified atom stereocenters. The molecule has 0 spiro atoms. The van der Waals surface area contributed by atoms with Gasteiger partial charge >= 0.3 is 0 Å². The van der Waals surface area contributed by atoms with Crippen LogP contribution in [0.25, 0.3) is 0 Å². The SMILES string of the molecule is CCSc1nsc(NC(=O)C2CCN(S(=O)(=O)c3ccc(Cl)cc3)CC2)n1. The third kappa shape index (κ3) is 5.00. The van der Waals surface area contributed by atoms with Crippen LogP contribution in [0.3, 0.4) is 0 Å². The van der Waals surface area contributed by atoms with Gasteiger partial charge in [0.15, 0.2) is 0 Å². The first-order valence-corrected chi connectivity index (χ1v) is 12.0. The maximum atomic E-state index is 12.7. The number of amides is 1. The molecule has 0 aliphatic carbocycles. The van der Waals surface area contributed by atoms with Gasteiger partial charge in [-0.25, -0.2) is 8.42 Å². The van der Waals surface area contributed by atoms with E-state index in [0.717, 1.165) is 17.3 Å². The van der Waals surface area contributed by atoms with E-state index in [1.54, 1.807) is 12.1 Å². The predicted molar refractivity (Wildman–Crippen MR) is 108 cm³/mol. The first-order chi connectivity index (χ1) is 12.9. The summed E-state index contributed by atoms with van der Waals surface area (Å²) in [5.41, 5.74) is 0. The topological polar surface area (TPSA) is 92.3 Å². The van der Waals surface area contributed by atoms with Gasteiger partial charge in [-0.1, -0.05) is 30.3 Å². The van der Waals surface area contributed by atoms with Crippen LogP contribution in [0.1, 0.15) is 19.8 Å². The van der Waals surface area contributed by atoms with Gasteiger partial charge in [0.2, 0.25) is 26.2 Å². The summed E-state index contributed by atoms with van der Waals surface area (Å²) < 4.78 is 31.0. The Hall–Kier alpha value is -1.20. The Morgan fingerprint density at radius 3 is 2.63 bits per heavy atom. The molecular formula is C16H19ClN4O3S3. The van der Waals surface area contributed by atoms with Crippen molar-refractivity contribution in [3.05, 3.63) is 29.3 Å². The van der Waals surface area contributed by atoms with Crippen molar-refractivity contribution in [3.8, 4) is 0 Å². The van der Waals surface area contributed by atoms with Crippen molar-refractivity contribution in [3.63, 3.8) is 0 Å². The molecule has 146 valence electrons. The van der Waals surface area contributed by atoms with E-state index in [1.165, 1.54) is 28.2 Å². The highest BCUT2D eigenvalue weighted by Gasteiger charge is 2.32. The highest BCUT2D eigenvalue weighted by atomic mass is 35.5. The minimum absolute atomic E-state index is 0.136. The van der Waals surface area contributed by atoms with E-state index in [9.17, 15) is 13.2 Å². The average molecular weight is 447 g/mol. The molecule has 2 aromatic rings. The predicted octanol–water partition coefficient (Wildman–Crippen LogP) is 3.34. The molecule has 0 bridgehead atoms. The second kappa shape index (κ2) is 8.87. The molecule has 0 radical (unpaired) electrons. The number of anilines is 1. The monoisotopic (exact) mass is 446 g/mol. The normalized spacial score (nSPS) is 16.4. The van der Waals surface area contributed by atoms with E-state index >= 15 is 0 Å². The largest absolute Gasteiger partial charge is 0.300 e. The fourth-order valence-electron chi connectivity index (χ4n) is 2.77. The van der Waals surface area contributed by atoms with Crippen LogP contribution in [0, 0.1) is 5.92 Å². The Labute approximate surface area is 171 Å². The van der Waals surface area contributed by atoms with Crippen LogP contribution in [0.4, 0.5) is 5.13 Å². The van der Waals surface area contributed by atoms with E-state index in [2.05, 4.69) is 14.7 Å². The molecule has 1 aromatic carbocycles. The molecule has 11 heteroatoms. The number of thioether (sulfide) groups is 1. The Bertz CT molecular complexity index is 894. The number of carbonyl (C=O) groups is 1. The van der Waals surface area contributed by atoms with E-state index in [4.69, 9.17) is 11.6 Å². The standard InChI is InChI=1S/C16H19ClN4O3S3/c1-2-25-16-19-15(26-20-16)18-14(22)11-7-9-21(10-8-11)27(23,24)13-5-3-12(17)4-6-13/h3-6,11H,2,7-10H2,1H3,(H,18,19,20,22). The van der Waals surface area contributed by atoms with Crippen molar-refractivity contribution in [2.75, 3.05) is 24.2 Å². The lowest BCUT2D eigenvalue weighted by Crippen LogP contribution is -2.41. The number of rotatable bonds is 6. The van der Waals surface area contributed by atoms with E-state index in [1.807, 2.05) is 6.92 Å². The van der Waals surface area contributed by atoms with Gasteiger partial charge in [-0.3, -0.25) is 4.79 Å². The van der Waals surface area contributed by atoms with Crippen molar-refractivity contribution in [1.29, 1.82) is 0 Å². The van der Waals surface area contributed by atoms with Gasteiger partial charge in [0.25, 0.3) is 0 Å². The van der Waals surface area contributed by atoms with E-state index in [-0.39, 0.29) is 16.7 Å². The second-order valence-electron chi connectivity index (χ2n) is 5.94. The molecule has 0 atom stereocenters. The van der Waals surface area contributed by atoms with Gasteiger partial charge in [0.1, 0.15) is 0 Å². The molecule has 2 heterocycles. The van der Waals surface area contributed by atoms with Crippen LogP contribution in [0.2, 0.25) is 5.02 Å². The van der Waals surface area contributed by atoms with Crippen molar-refractivity contribution in [1.82, 2.24) is 13.7 Å².